The molecule has 6 nitrogen and oxygen atoms in total. The Labute approximate surface area is 110 Å². The zero-order valence-electron chi connectivity index (χ0n) is 10.9. The van der Waals surface area contributed by atoms with E-state index < -0.39 is 0 Å². The lowest BCUT2D eigenvalue weighted by Gasteiger charge is -2.13. The third kappa shape index (κ3) is 2.37. The van der Waals surface area contributed by atoms with Crippen LogP contribution < -0.4 is 19.8 Å². The molecule has 0 amide bonds. The molecule has 1 aromatic heterocycles. The van der Waals surface area contributed by atoms with Crippen molar-refractivity contribution in [3.63, 3.8) is 0 Å². The smallest absolute Gasteiger partial charge is 0.274 e. The zero-order valence-corrected chi connectivity index (χ0v) is 10.9. The summed E-state index contributed by atoms with van der Waals surface area (Å²) in [5, 5.41) is 0. The van der Waals surface area contributed by atoms with Gasteiger partial charge in [-0.3, -0.25) is 4.79 Å². The van der Waals surface area contributed by atoms with Crippen molar-refractivity contribution in [2.45, 2.75) is 0 Å². The molecule has 0 aliphatic rings. The second-order valence-corrected chi connectivity index (χ2v) is 3.67. The van der Waals surface area contributed by atoms with E-state index in [1.165, 1.54) is 33.7 Å². The molecule has 0 saturated carbocycles. The van der Waals surface area contributed by atoms with Crippen LogP contribution in [-0.4, -0.2) is 31.3 Å². The van der Waals surface area contributed by atoms with E-state index in [2.05, 4.69) is 9.97 Å². The topological polar surface area (TPSA) is 73.4 Å². The van der Waals surface area contributed by atoms with Crippen LogP contribution in [0.3, 0.4) is 0 Å². The number of methoxy groups -OCH3 is 3. The minimum absolute atomic E-state index is 0.264. The quantitative estimate of drug-likeness (QED) is 0.903. The van der Waals surface area contributed by atoms with Crippen LogP contribution in [0, 0.1) is 0 Å². The first kappa shape index (κ1) is 12.9. The molecule has 1 heterocycles. The van der Waals surface area contributed by atoms with Crippen LogP contribution in [0.1, 0.15) is 0 Å². The highest BCUT2D eigenvalue weighted by molar-refractivity contribution is 5.71. The second kappa shape index (κ2) is 5.43. The molecule has 1 aromatic carbocycles. The van der Waals surface area contributed by atoms with Gasteiger partial charge in [-0.1, -0.05) is 0 Å². The molecule has 0 saturated heterocycles. The van der Waals surface area contributed by atoms with Crippen molar-refractivity contribution in [2.24, 2.45) is 0 Å². The number of hydrogen-bond donors (Lipinski definition) is 1. The van der Waals surface area contributed by atoms with Crippen molar-refractivity contribution >= 4 is 0 Å². The molecule has 0 spiro atoms. The monoisotopic (exact) mass is 262 g/mol. The van der Waals surface area contributed by atoms with E-state index in [1.807, 2.05) is 0 Å². The molecule has 2 aromatic rings. The maximum atomic E-state index is 11.8. The molecular weight excluding hydrogens is 248 g/mol. The summed E-state index contributed by atoms with van der Waals surface area (Å²) in [6, 6.07) is 3.32. The van der Waals surface area contributed by atoms with Crippen LogP contribution in [0.25, 0.3) is 11.3 Å². The fourth-order valence-electron chi connectivity index (χ4n) is 1.76. The summed E-state index contributed by atoms with van der Waals surface area (Å²) < 4.78 is 15.7. The van der Waals surface area contributed by atoms with E-state index >= 15 is 0 Å². The Balaban J connectivity index is 2.69. The maximum absolute atomic E-state index is 11.8. The van der Waals surface area contributed by atoms with E-state index in [0.29, 0.717) is 22.8 Å². The number of ether oxygens (including phenoxy) is 3. The number of H-pyrrole nitrogens is 1. The van der Waals surface area contributed by atoms with Crippen molar-refractivity contribution in [2.75, 3.05) is 21.3 Å². The molecule has 0 unspecified atom stereocenters. The molecule has 100 valence electrons. The first-order valence-corrected chi connectivity index (χ1v) is 5.55. The number of nitrogens with one attached hydrogen (secondary N) is 1. The number of aromatic amines is 1. The summed E-state index contributed by atoms with van der Waals surface area (Å²) in [4.78, 5) is 18.4. The van der Waals surface area contributed by atoms with Crippen LogP contribution in [-0.2, 0) is 0 Å². The lowest BCUT2D eigenvalue weighted by molar-refractivity contribution is 0.349. The molecule has 2 rings (SSSR count). The normalized spacial score (nSPS) is 10.1. The summed E-state index contributed by atoms with van der Waals surface area (Å²) in [6.45, 7) is 0. The predicted octanol–water partition coefficient (Wildman–Crippen LogP) is 1.46. The molecule has 0 radical (unpaired) electrons. The van der Waals surface area contributed by atoms with Crippen LogP contribution in [0.2, 0.25) is 0 Å². The van der Waals surface area contributed by atoms with Crippen molar-refractivity contribution in [3.05, 3.63) is 34.9 Å². The maximum Gasteiger partial charge on any atom is 0.274 e. The highest BCUT2D eigenvalue weighted by atomic mass is 16.5. The summed E-state index contributed by atoms with van der Waals surface area (Å²) in [5.41, 5.74) is 0.510. The fraction of sp³-hybridized carbons (Fsp3) is 0.231. The first-order valence-electron chi connectivity index (χ1n) is 5.55. The van der Waals surface area contributed by atoms with Gasteiger partial charge >= 0.3 is 0 Å². The van der Waals surface area contributed by atoms with Gasteiger partial charge in [0, 0.05) is 18.5 Å². The fourth-order valence-corrected chi connectivity index (χ4v) is 1.76. The Kier molecular flexibility index (Phi) is 3.70. The Morgan fingerprint density at radius 3 is 2.21 bits per heavy atom. The molecular formula is C13H14N2O4. The Hall–Kier alpha value is -2.50. The Morgan fingerprint density at radius 1 is 1.00 bits per heavy atom. The summed E-state index contributed by atoms with van der Waals surface area (Å²) in [7, 11) is 4.57. The SMILES string of the molecule is COc1cc(OC)c(-c2ncc[nH]c2=O)cc1OC. The van der Waals surface area contributed by atoms with Gasteiger partial charge in [0.25, 0.3) is 5.56 Å². The van der Waals surface area contributed by atoms with E-state index in [1.54, 1.807) is 12.1 Å². The number of hydrogen-bond acceptors (Lipinski definition) is 5. The van der Waals surface area contributed by atoms with Crippen LogP contribution in [0.5, 0.6) is 17.2 Å². The summed E-state index contributed by atoms with van der Waals surface area (Å²) in [5.74, 6) is 1.51. The van der Waals surface area contributed by atoms with Gasteiger partial charge in [0.1, 0.15) is 11.4 Å². The lowest BCUT2D eigenvalue weighted by atomic mass is 10.1. The van der Waals surface area contributed by atoms with Gasteiger partial charge in [-0.15, -0.1) is 0 Å². The van der Waals surface area contributed by atoms with Gasteiger partial charge in [-0.2, -0.15) is 0 Å². The molecule has 1 N–H and O–H groups in total. The number of benzene rings is 1. The van der Waals surface area contributed by atoms with Crippen molar-refractivity contribution < 1.29 is 14.2 Å². The summed E-state index contributed by atoms with van der Waals surface area (Å²) in [6.07, 6.45) is 2.98. The minimum atomic E-state index is -0.298. The number of nitrogens with zero attached hydrogens (tertiary/aromatic N) is 1. The molecule has 19 heavy (non-hydrogen) atoms. The van der Waals surface area contributed by atoms with Crippen LogP contribution in [0.15, 0.2) is 29.3 Å². The zero-order chi connectivity index (χ0) is 13.8. The van der Waals surface area contributed by atoms with Crippen LogP contribution >= 0.6 is 0 Å². The molecule has 0 fully saturated rings. The predicted molar refractivity (Wildman–Crippen MR) is 69.9 cm³/mol. The molecule has 6 heteroatoms. The third-order valence-electron chi connectivity index (χ3n) is 2.67. The molecule has 0 bridgehead atoms. The number of aromatic nitrogens is 2. The van der Waals surface area contributed by atoms with Crippen LogP contribution in [0.4, 0.5) is 0 Å². The average Bonchev–Trinajstić information content (AvgIpc) is 2.46. The lowest BCUT2D eigenvalue weighted by Crippen LogP contribution is -2.10. The highest BCUT2D eigenvalue weighted by Gasteiger charge is 2.16. The molecule has 0 aliphatic heterocycles. The highest BCUT2D eigenvalue weighted by Crippen LogP contribution is 2.38. The average molecular weight is 262 g/mol. The van der Waals surface area contributed by atoms with Crippen molar-refractivity contribution in [3.8, 4) is 28.5 Å². The van der Waals surface area contributed by atoms with Gasteiger partial charge in [0.05, 0.1) is 26.9 Å². The van der Waals surface area contributed by atoms with E-state index in [4.69, 9.17) is 14.2 Å². The van der Waals surface area contributed by atoms with E-state index in [9.17, 15) is 4.79 Å². The largest absolute Gasteiger partial charge is 0.496 e. The number of rotatable bonds is 4. The van der Waals surface area contributed by atoms with Gasteiger partial charge in [0.2, 0.25) is 0 Å². The minimum Gasteiger partial charge on any atom is -0.496 e. The van der Waals surface area contributed by atoms with E-state index in [0.717, 1.165) is 0 Å². The molecule has 0 aliphatic carbocycles. The van der Waals surface area contributed by atoms with Gasteiger partial charge < -0.3 is 19.2 Å². The van der Waals surface area contributed by atoms with Crippen molar-refractivity contribution in [1.29, 1.82) is 0 Å². The van der Waals surface area contributed by atoms with E-state index in [-0.39, 0.29) is 11.3 Å². The standard InChI is InChI=1S/C13H14N2O4/c1-17-9-7-11(19-3)10(18-2)6-8(9)12-13(16)15-5-4-14-12/h4-7H,1-3H3,(H,15,16). The van der Waals surface area contributed by atoms with Gasteiger partial charge in [0.15, 0.2) is 11.5 Å². The molecule has 0 atom stereocenters. The van der Waals surface area contributed by atoms with Gasteiger partial charge in [-0.25, -0.2) is 4.98 Å². The summed E-state index contributed by atoms with van der Waals surface area (Å²) >= 11 is 0. The Bertz CT molecular complexity index is 637. The third-order valence-corrected chi connectivity index (χ3v) is 2.67. The second-order valence-electron chi connectivity index (χ2n) is 3.67. The first-order chi connectivity index (χ1) is 9.21. The Morgan fingerprint density at radius 2 is 1.63 bits per heavy atom. The van der Waals surface area contributed by atoms with Gasteiger partial charge in [-0.05, 0) is 6.07 Å². The van der Waals surface area contributed by atoms with Crippen molar-refractivity contribution in [1.82, 2.24) is 9.97 Å².